The molecule has 2 aromatic heterocycles. The fourth-order valence-corrected chi connectivity index (χ4v) is 3.11. The van der Waals surface area contributed by atoms with Crippen LogP contribution in [0.15, 0.2) is 18.5 Å². The summed E-state index contributed by atoms with van der Waals surface area (Å²) in [7, 11) is 0. The molecule has 0 unspecified atom stereocenters. The number of rotatable bonds is 5. The predicted octanol–water partition coefficient (Wildman–Crippen LogP) is 2.81. The molecule has 3 heterocycles. The summed E-state index contributed by atoms with van der Waals surface area (Å²) in [6, 6.07) is 0. The molecular formula is C18H23N5O. The molecule has 0 spiro atoms. The molecule has 0 atom stereocenters. The number of aryl methyl sites for hydroxylation is 2. The maximum absolute atomic E-state index is 12.5. The zero-order valence-electron chi connectivity index (χ0n) is 14.5. The van der Waals surface area contributed by atoms with Gasteiger partial charge in [-0.15, -0.1) is 0 Å². The normalized spacial score (nSPS) is 14.7. The first-order chi connectivity index (χ1) is 11.6. The van der Waals surface area contributed by atoms with E-state index < -0.39 is 0 Å². The number of hydrogen-bond donors (Lipinski definition) is 0. The van der Waals surface area contributed by atoms with Gasteiger partial charge in [-0.3, -0.25) is 9.48 Å². The molecule has 6 nitrogen and oxygen atoms in total. The first kappa shape index (κ1) is 16.4. The molecule has 0 amide bonds. The molecule has 1 fully saturated rings. The van der Waals surface area contributed by atoms with Crippen molar-refractivity contribution in [2.45, 2.75) is 40.2 Å². The van der Waals surface area contributed by atoms with E-state index in [1.807, 2.05) is 25.5 Å². The molecule has 0 bridgehead atoms. The van der Waals surface area contributed by atoms with Crippen molar-refractivity contribution in [1.82, 2.24) is 19.7 Å². The molecule has 126 valence electrons. The van der Waals surface area contributed by atoms with Crippen LogP contribution in [0.2, 0.25) is 0 Å². The van der Waals surface area contributed by atoms with Crippen molar-refractivity contribution in [3.05, 3.63) is 41.0 Å². The molecular weight excluding hydrogens is 302 g/mol. The van der Waals surface area contributed by atoms with Crippen molar-refractivity contribution < 1.29 is 4.79 Å². The van der Waals surface area contributed by atoms with E-state index in [1.54, 1.807) is 24.5 Å². The summed E-state index contributed by atoms with van der Waals surface area (Å²) in [5.41, 5.74) is 3.18. The van der Waals surface area contributed by atoms with Gasteiger partial charge in [0.1, 0.15) is 0 Å². The van der Waals surface area contributed by atoms with Gasteiger partial charge in [0.25, 0.3) is 0 Å². The third-order valence-corrected chi connectivity index (χ3v) is 4.40. The Morgan fingerprint density at radius 3 is 2.46 bits per heavy atom. The first-order valence-electron chi connectivity index (χ1n) is 8.43. The lowest BCUT2D eigenvalue weighted by atomic mass is 10.1. The SMILES string of the molecule is CCn1nc(C)c(C(=O)/C=C\c2cnc(N3CCCC3)nc2)c1C. The van der Waals surface area contributed by atoms with Gasteiger partial charge >= 0.3 is 0 Å². The fourth-order valence-electron chi connectivity index (χ4n) is 3.11. The molecule has 1 aliphatic rings. The number of carbonyl (C=O) groups excluding carboxylic acids is 1. The molecule has 1 aliphatic heterocycles. The lowest BCUT2D eigenvalue weighted by Gasteiger charge is -2.14. The standard InChI is InChI=1S/C18H23N5O/c1-4-23-14(3)17(13(2)21-23)16(24)8-7-15-11-19-18(20-12-15)22-9-5-6-10-22/h7-8,11-12H,4-6,9-10H2,1-3H3/b8-7-. The van der Waals surface area contributed by atoms with Crippen molar-refractivity contribution in [3.8, 4) is 0 Å². The average molecular weight is 325 g/mol. The molecule has 0 aliphatic carbocycles. The third-order valence-electron chi connectivity index (χ3n) is 4.40. The number of carbonyl (C=O) groups is 1. The summed E-state index contributed by atoms with van der Waals surface area (Å²) in [4.78, 5) is 23.5. The highest BCUT2D eigenvalue weighted by atomic mass is 16.1. The van der Waals surface area contributed by atoms with Crippen LogP contribution in [0.3, 0.4) is 0 Å². The van der Waals surface area contributed by atoms with E-state index in [4.69, 9.17) is 0 Å². The largest absolute Gasteiger partial charge is 0.341 e. The Kier molecular flexibility index (Phi) is 4.74. The summed E-state index contributed by atoms with van der Waals surface area (Å²) in [6.07, 6.45) is 9.26. The summed E-state index contributed by atoms with van der Waals surface area (Å²) in [5.74, 6) is 0.736. The number of hydrogen-bond acceptors (Lipinski definition) is 5. The first-order valence-corrected chi connectivity index (χ1v) is 8.43. The van der Waals surface area contributed by atoms with Gasteiger partial charge in [-0.1, -0.05) is 0 Å². The number of allylic oxidation sites excluding steroid dienone is 1. The number of ketones is 1. The van der Waals surface area contributed by atoms with Crippen LogP contribution < -0.4 is 4.90 Å². The summed E-state index contributed by atoms with van der Waals surface area (Å²) in [6.45, 7) is 8.62. The van der Waals surface area contributed by atoms with Crippen LogP contribution in [0.5, 0.6) is 0 Å². The molecule has 0 N–H and O–H groups in total. The zero-order valence-corrected chi connectivity index (χ0v) is 14.5. The Labute approximate surface area is 142 Å². The van der Waals surface area contributed by atoms with Gasteiger partial charge in [0.2, 0.25) is 5.95 Å². The van der Waals surface area contributed by atoms with Gasteiger partial charge in [0.05, 0.1) is 11.3 Å². The lowest BCUT2D eigenvalue weighted by molar-refractivity contribution is 0.104. The molecule has 24 heavy (non-hydrogen) atoms. The van der Waals surface area contributed by atoms with Crippen molar-refractivity contribution in [1.29, 1.82) is 0 Å². The second kappa shape index (κ2) is 6.95. The van der Waals surface area contributed by atoms with E-state index in [0.29, 0.717) is 5.56 Å². The van der Waals surface area contributed by atoms with Gasteiger partial charge in [-0.05, 0) is 45.8 Å². The highest BCUT2D eigenvalue weighted by Crippen LogP contribution is 2.17. The van der Waals surface area contributed by atoms with E-state index in [2.05, 4.69) is 20.0 Å². The van der Waals surface area contributed by atoms with E-state index in [0.717, 1.165) is 42.5 Å². The van der Waals surface area contributed by atoms with Gasteiger partial charge in [0.15, 0.2) is 5.78 Å². The molecule has 6 heteroatoms. The predicted molar refractivity (Wildman–Crippen MR) is 94.2 cm³/mol. The van der Waals surface area contributed by atoms with Crippen LogP contribution in [0.25, 0.3) is 6.08 Å². The third kappa shape index (κ3) is 3.22. The van der Waals surface area contributed by atoms with E-state index >= 15 is 0 Å². The van der Waals surface area contributed by atoms with Crippen molar-refractivity contribution >= 4 is 17.8 Å². The van der Waals surface area contributed by atoms with Crippen LogP contribution in [0.4, 0.5) is 5.95 Å². The molecule has 2 aromatic rings. The maximum Gasteiger partial charge on any atom is 0.225 e. The quantitative estimate of drug-likeness (QED) is 0.625. The molecule has 1 saturated heterocycles. The Balaban J connectivity index is 1.73. The lowest BCUT2D eigenvalue weighted by Crippen LogP contribution is -2.20. The van der Waals surface area contributed by atoms with Gasteiger partial charge in [-0.25, -0.2) is 9.97 Å². The molecule has 3 rings (SSSR count). The Morgan fingerprint density at radius 2 is 1.88 bits per heavy atom. The van der Waals surface area contributed by atoms with E-state index in [1.165, 1.54) is 12.8 Å². The van der Waals surface area contributed by atoms with E-state index in [9.17, 15) is 4.79 Å². The highest BCUT2D eigenvalue weighted by molar-refractivity contribution is 6.08. The minimum Gasteiger partial charge on any atom is -0.341 e. The van der Waals surface area contributed by atoms with Crippen molar-refractivity contribution in [2.24, 2.45) is 0 Å². The van der Waals surface area contributed by atoms with Crippen LogP contribution in [0.1, 0.15) is 47.1 Å². The van der Waals surface area contributed by atoms with Gasteiger partial charge < -0.3 is 4.90 Å². The maximum atomic E-state index is 12.5. The summed E-state index contributed by atoms with van der Waals surface area (Å²) < 4.78 is 1.85. The average Bonchev–Trinajstić information content (AvgIpc) is 3.21. The van der Waals surface area contributed by atoms with E-state index in [-0.39, 0.29) is 5.78 Å². The smallest absolute Gasteiger partial charge is 0.225 e. The minimum absolute atomic E-state index is 0.0340. The molecule has 0 radical (unpaired) electrons. The highest BCUT2D eigenvalue weighted by Gasteiger charge is 2.16. The zero-order chi connectivity index (χ0) is 17.1. The Bertz CT molecular complexity index is 754. The molecule has 0 aromatic carbocycles. The number of aromatic nitrogens is 4. The number of anilines is 1. The summed E-state index contributed by atoms with van der Waals surface area (Å²) >= 11 is 0. The minimum atomic E-state index is -0.0340. The molecule has 0 saturated carbocycles. The second-order valence-corrected chi connectivity index (χ2v) is 6.07. The second-order valence-electron chi connectivity index (χ2n) is 6.07. The summed E-state index contributed by atoms with van der Waals surface area (Å²) in [5, 5.41) is 4.39. The van der Waals surface area contributed by atoms with Crippen molar-refractivity contribution in [2.75, 3.05) is 18.0 Å². The van der Waals surface area contributed by atoms with Crippen LogP contribution in [-0.4, -0.2) is 38.6 Å². The van der Waals surface area contributed by atoms with Crippen LogP contribution in [-0.2, 0) is 6.54 Å². The van der Waals surface area contributed by atoms with Crippen molar-refractivity contribution in [3.63, 3.8) is 0 Å². The van der Waals surface area contributed by atoms with Gasteiger partial charge in [-0.2, -0.15) is 5.10 Å². The Morgan fingerprint density at radius 1 is 1.21 bits per heavy atom. The number of nitrogens with zero attached hydrogens (tertiary/aromatic N) is 5. The topological polar surface area (TPSA) is 63.9 Å². The van der Waals surface area contributed by atoms with Crippen LogP contribution in [0, 0.1) is 13.8 Å². The monoisotopic (exact) mass is 325 g/mol. The van der Waals surface area contributed by atoms with Crippen LogP contribution >= 0.6 is 0 Å². The fraction of sp³-hybridized carbons (Fsp3) is 0.444. The Hall–Kier alpha value is -2.50. The van der Waals surface area contributed by atoms with Gasteiger partial charge in [0, 0.05) is 43.3 Å².